The molecular formula is C23H28N2O7S. The van der Waals surface area contributed by atoms with Crippen LogP contribution < -0.4 is 10.1 Å². The van der Waals surface area contributed by atoms with Gasteiger partial charge in [-0.15, -0.1) is 0 Å². The highest BCUT2D eigenvalue weighted by atomic mass is 32.2. The van der Waals surface area contributed by atoms with E-state index in [0.717, 1.165) is 25.7 Å². The van der Waals surface area contributed by atoms with Crippen LogP contribution in [0.3, 0.4) is 0 Å². The van der Waals surface area contributed by atoms with Crippen LogP contribution >= 0.6 is 0 Å². The maximum Gasteiger partial charge on any atom is 0.342 e. The highest BCUT2D eigenvalue weighted by molar-refractivity contribution is 7.89. The minimum Gasteiger partial charge on any atom is -0.507 e. The number of aromatic hydroxyl groups is 1. The molecule has 0 spiro atoms. The van der Waals surface area contributed by atoms with Crippen molar-refractivity contribution in [3.05, 3.63) is 47.5 Å². The number of carbonyl (C=O) groups is 2. The highest BCUT2D eigenvalue weighted by Gasteiger charge is 2.27. The van der Waals surface area contributed by atoms with Gasteiger partial charge in [0.05, 0.1) is 12.0 Å². The number of nitrogens with one attached hydrogen (secondary N) is 1. The van der Waals surface area contributed by atoms with E-state index in [0.29, 0.717) is 24.4 Å². The molecule has 0 aromatic heterocycles. The number of benzene rings is 2. The van der Waals surface area contributed by atoms with Gasteiger partial charge in [-0.25, -0.2) is 13.2 Å². The van der Waals surface area contributed by atoms with Gasteiger partial charge in [0.15, 0.2) is 6.61 Å². The molecule has 1 aliphatic heterocycles. The van der Waals surface area contributed by atoms with Gasteiger partial charge in [0.25, 0.3) is 5.91 Å². The van der Waals surface area contributed by atoms with Gasteiger partial charge in [0, 0.05) is 24.8 Å². The minimum absolute atomic E-state index is 0.107. The first-order chi connectivity index (χ1) is 15.7. The third kappa shape index (κ3) is 6.02. The van der Waals surface area contributed by atoms with Gasteiger partial charge in [0.1, 0.15) is 17.1 Å². The van der Waals surface area contributed by atoms with Crippen molar-refractivity contribution in [1.29, 1.82) is 0 Å². The summed E-state index contributed by atoms with van der Waals surface area (Å²) >= 11 is 0. The van der Waals surface area contributed by atoms with E-state index < -0.39 is 28.5 Å². The van der Waals surface area contributed by atoms with Crippen LogP contribution in [0.4, 0.5) is 5.69 Å². The van der Waals surface area contributed by atoms with Crippen LogP contribution in [0.25, 0.3) is 0 Å². The fourth-order valence-corrected chi connectivity index (χ4v) is 5.36. The van der Waals surface area contributed by atoms with Crippen molar-refractivity contribution in [2.75, 3.05) is 32.1 Å². The Morgan fingerprint density at radius 3 is 2.39 bits per heavy atom. The number of anilines is 1. The standard InChI is InChI=1S/C23H28N2O7S/c1-16-7-8-17(13-21(16)33(29,30)25-11-5-3-4-6-12-25)24-22(27)15-32-23(28)19-10-9-18(31-2)14-20(19)26/h7-10,13-14,26H,3-6,11-12,15H2,1-2H3,(H,24,27). The molecule has 1 heterocycles. The number of hydrogen-bond acceptors (Lipinski definition) is 7. The number of phenolic OH excluding ortho intramolecular Hbond substituents is 1. The fourth-order valence-electron chi connectivity index (χ4n) is 3.59. The maximum atomic E-state index is 13.2. The number of sulfonamides is 1. The SMILES string of the molecule is COc1ccc(C(=O)OCC(=O)Nc2ccc(C)c(S(=O)(=O)N3CCCCCC3)c2)c(O)c1. The first-order valence-corrected chi connectivity index (χ1v) is 12.1. The lowest BCUT2D eigenvalue weighted by Crippen LogP contribution is -2.32. The van der Waals surface area contributed by atoms with Crippen LogP contribution in [-0.2, 0) is 19.6 Å². The third-order valence-electron chi connectivity index (χ3n) is 5.41. The lowest BCUT2D eigenvalue weighted by atomic mass is 10.2. The zero-order valence-corrected chi connectivity index (χ0v) is 19.5. The summed E-state index contributed by atoms with van der Waals surface area (Å²) in [6.07, 6.45) is 3.66. The van der Waals surface area contributed by atoms with Crippen molar-refractivity contribution in [3.8, 4) is 11.5 Å². The molecule has 0 radical (unpaired) electrons. The average Bonchev–Trinajstić information content (AvgIpc) is 3.09. The van der Waals surface area contributed by atoms with Crippen LogP contribution in [0.1, 0.15) is 41.6 Å². The van der Waals surface area contributed by atoms with E-state index in [2.05, 4.69) is 5.32 Å². The molecule has 0 bridgehead atoms. The molecule has 178 valence electrons. The van der Waals surface area contributed by atoms with Crippen molar-refractivity contribution in [2.45, 2.75) is 37.5 Å². The summed E-state index contributed by atoms with van der Waals surface area (Å²) in [4.78, 5) is 24.6. The molecule has 0 saturated carbocycles. The number of phenols is 1. The molecule has 1 aliphatic rings. The lowest BCUT2D eigenvalue weighted by molar-refractivity contribution is -0.119. The quantitative estimate of drug-likeness (QED) is 0.589. The number of carbonyl (C=O) groups excluding carboxylic acids is 2. The molecule has 3 rings (SSSR count). The summed E-state index contributed by atoms with van der Waals surface area (Å²) < 4.78 is 37.7. The number of amides is 1. The zero-order valence-electron chi connectivity index (χ0n) is 18.7. The van der Waals surface area contributed by atoms with Gasteiger partial charge >= 0.3 is 5.97 Å². The van der Waals surface area contributed by atoms with E-state index >= 15 is 0 Å². The number of aryl methyl sites for hydroxylation is 1. The second-order valence-corrected chi connectivity index (χ2v) is 9.71. The first kappa shape index (κ1) is 24.5. The van der Waals surface area contributed by atoms with E-state index in [4.69, 9.17) is 9.47 Å². The van der Waals surface area contributed by atoms with Gasteiger partial charge < -0.3 is 19.9 Å². The summed E-state index contributed by atoms with van der Waals surface area (Å²) in [5, 5.41) is 12.5. The predicted octanol–water partition coefficient (Wildman–Crippen LogP) is 3.07. The van der Waals surface area contributed by atoms with Crippen molar-refractivity contribution >= 4 is 27.6 Å². The van der Waals surface area contributed by atoms with Crippen LogP contribution in [0.2, 0.25) is 0 Å². The molecule has 2 N–H and O–H groups in total. The van der Waals surface area contributed by atoms with Crippen LogP contribution in [0.15, 0.2) is 41.3 Å². The average molecular weight is 477 g/mol. The Labute approximate surface area is 193 Å². The molecule has 33 heavy (non-hydrogen) atoms. The molecule has 2 aromatic rings. The molecule has 0 aliphatic carbocycles. The number of ether oxygens (including phenoxy) is 2. The molecule has 0 atom stereocenters. The van der Waals surface area contributed by atoms with E-state index in [1.165, 1.54) is 35.7 Å². The highest BCUT2D eigenvalue weighted by Crippen LogP contribution is 2.26. The monoisotopic (exact) mass is 476 g/mol. The van der Waals surface area contributed by atoms with E-state index in [1.807, 2.05) is 0 Å². The topological polar surface area (TPSA) is 122 Å². The van der Waals surface area contributed by atoms with Gasteiger partial charge in [-0.1, -0.05) is 18.9 Å². The van der Waals surface area contributed by atoms with E-state index in [-0.39, 0.29) is 21.9 Å². The van der Waals surface area contributed by atoms with Crippen molar-refractivity contribution in [2.24, 2.45) is 0 Å². The molecule has 2 aromatic carbocycles. The normalized spacial score (nSPS) is 14.8. The Balaban J connectivity index is 1.66. The Morgan fingerprint density at radius 1 is 1.06 bits per heavy atom. The predicted molar refractivity (Wildman–Crippen MR) is 122 cm³/mol. The zero-order chi connectivity index (χ0) is 24.0. The first-order valence-electron chi connectivity index (χ1n) is 10.7. The number of hydrogen-bond donors (Lipinski definition) is 2. The van der Waals surface area contributed by atoms with Crippen molar-refractivity contribution < 1.29 is 32.6 Å². The third-order valence-corrected chi connectivity index (χ3v) is 7.45. The van der Waals surface area contributed by atoms with Gasteiger partial charge in [0.2, 0.25) is 10.0 Å². The van der Waals surface area contributed by atoms with Crippen molar-refractivity contribution in [3.63, 3.8) is 0 Å². The Kier molecular flexibility index (Phi) is 7.93. The van der Waals surface area contributed by atoms with Gasteiger partial charge in [-0.2, -0.15) is 4.31 Å². The second-order valence-electron chi connectivity index (χ2n) is 7.81. The van der Waals surface area contributed by atoms with Gasteiger partial charge in [-0.05, 0) is 49.6 Å². The van der Waals surface area contributed by atoms with Crippen LogP contribution in [0, 0.1) is 6.92 Å². The van der Waals surface area contributed by atoms with Gasteiger partial charge in [-0.3, -0.25) is 4.79 Å². The molecule has 1 fully saturated rings. The smallest absolute Gasteiger partial charge is 0.342 e. The molecule has 0 unspecified atom stereocenters. The van der Waals surface area contributed by atoms with E-state index in [1.54, 1.807) is 19.1 Å². The summed E-state index contributed by atoms with van der Waals surface area (Å²) in [6, 6.07) is 8.71. The summed E-state index contributed by atoms with van der Waals surface area (Å²) in [7, 11) is -2.26. The van der Waals surface area contributed by atoms with E-state index in [9.17, 15) is 23.1 Å². The Hall–Kier alpha value is -3.11. The molecular weight excluding hydrogens is 448 g/mol. The largest absolute Gasteiger partial charge is 0.507 e. The maximum absolute atomic E-state index is 13.2. The second kappa shape index (κ2) is 10.7. The number of nitrogens with zero attached hydrogens (tertiary/aromatic N) is 1. The molecule has 10 heteroatoms. The fraction of sp³-hybridized carbons (Fsp3) is 0.391. The molecule has 1 amide bonds. The molecule has 1 saturated heterocycles. The minimum atomic E-state index is -3.69. The number of methoxy groups -OCH3 is 1. The Morgan fingerprint density at radius 2 is 1.76 bits per heavy atom. The molecule has 9 nitrogen and oxygen atoms in total. The summed E-state index contributed by atoms with van der Waals surface area (Å²) in [6.45, 7) is 2.06. The number of rotatable bonds is 7. The summed E-state index contributed by atoms with van der Waals surface area (Å²) in [5.74, 6) is -1.48. The Bertz CT molecular complexity index is 1120. The van der Waals surface area contributed by atoms with Crippen LogP contribution in [0.5, 0.6) is 11.5 Å². The van der Waals surface area contributed by atoms with Crippen molar-refractivity contribution in [1.82, 2.24) is 4.31 Å². The lowest BCUT2D eigenvalue weighted by Gasteiger charge is -2.21. The van der Waals surface area contributed by atoms with Crippen LogP contribution in [-0.4, -0.2) is 56.5 Å². The number of esters is 1. The summed E-state index contributed by atoms with van der Waals surface area (Å²) in [5.41, 5.74) is 0.755.